The van der Waals surface area contributed by atoms with E-state index in [1.807, 2.05) is 0 Å². The molecule has 6 nitrogen and oxygen atoms in total. The number of benzene rings is 1. The van der Waals surface area contributed by atoms with Crippen LogP contribution in [0.25, 0.3) is 0 Å². The normalized spacial score (nSPS) is 23.6. The van der Waals surface area contributed by atoms with E-state index in [0.29, 0.717) is 6.07 Å². The minimum atomic E-state index is -4.14. The lowest BCUT2D eigenvalue weighted by atomic mass is 10.3. The van der Waals surface area contributed by atoms with Gasteiger partial charge in [0.2, 0.25) is 10.0 Å². The number of hydrogen-bond acceptors (Lipinski definition) is 5. The third-order valence-corrected chi connectivity index (χ3v) is 5.30. The fraction of sp³-hybridized carbons (Fsp3) is 0.500. The first kappa shape index (κ1) is 16.1. The number of rotatable bonds is 4. The number of anilines is 1. The Balaban J connectivity index is 2.38. The highest BCUT2D eigenvalue weighted by Gasteiger charge is 2.40. The van der Waals surface area contributed by atoms with Crippen LogP contribution in [0.4, 0.5) is 14.5 Å². The first-order valence-corrected chi connectivity index (χ1v) is 7.55. The highest BCUT2D eigenvalue weighted by atomic mass is 32.2. The largest absolute Gasteiger partial charge is 0.396 e. The molecule has 0 amide bonds. The molecular formula is C12H16F2N2O4S. The van der Waals surface area contributed by atoms with Gasteiger partial charge in [0.05, 0.1) is 17.9 Å². The smallest absolute Gasteiger partial charge is 0.246 e. The number of ether oxygens (including phenoxy) is 2. The number of methoxy groups -OCH3 is 2. The molecule has 0 saturated carbocycles. The lowest BCUT2D eigenvalue weighted by Gasteiger charge is -2.16. The molecule has 1 aromatic carbocycles. The third kappa shape index (κ3) is 2.86. The van der Waals surface area contributed by atoms with E-state index >= 15 is 0 Å². The van der Waals surface area contributed by atoms with Crippen LogP contribution in [-0.4, -0.2) is 52.2 Å². The Hall–Kier alpha value is -1.29. The van der Waals surface area contributed by atoms with Crippen molar-refractivity contribution in [1.29, 1.82) is 0 Å². The van der Waals surface area contributed by atoms with Crippen LogP contribution in [-0.2, 0) is 19.5 Å². The quantitative estimate of drug-likeness (QED) is 0.820. The van der Waals surface area contributed by atoms with Crippen molar-refractivity contribution in [3.8, 4) is 0 Å². The van der Waals surface area contributed by atoms with Crippen molar-refractivity contribution in [3.63, 3.8) is 0 Å². The summed E-state index contributed by atoms with van der Waals surface area (Å²) in [7, 11) is -1.28. The maximum atomic E-state index is 13.8. The van der Waals surface area contributed by atoms with Gasteiger partial charge in [0.25, 0.3) is 0 Å². The molecule has 0 radical (unpaired) electrons. The fourth-order valence-corrected chi connectivity index (χ4v) is 3.79. The van der Waals surface area contributed by atoms with Gasteiger partial charge >= 0.3 is 0 Å². The number of nitrogens with two attached hydrogens (primary N) is 1. The summed E-state index contributed by atoms with van der Waals surface area (Å²) < 4.78 is 63.1. The molecule has 118 valence electrons. The zero-order chi connectivity index (χ0) is 15.8. The lowest BCUT2D eigenvalue weighted by molar-refractivity contribution is -0.00461. The molecule has 0 spiro atoms. The second-order valence-electron chi connectivity index (χ2n) is 4.67. The van der Waals surface area contributed by atoms with E-state index in [2.05, 4.69) is 0 Å². The fourth-order valence-electron chi connectivity index (χ4n) is 2.24. The molecule has 1 aliphatic heterocycles. The van der Waals surface area contributed by atoms with Gasteiger partial charge in [-0.25, -0.2) is 17.2 Å². The first-order chi connectivity index (χ1) is 9.81. The Morgan fingerprint density at radius 3 is 2.14 bits per heavy atom. The van der Waals surface area contributed by atoms with E-state index in [-0.39, 0.29) is 13.1 Å². The Morgan fingerprint density at radius 1 is 1.14 bits per heavy atom. The number of nitrogens with zero attached hydrogens (tertiary/aromatic N) is 1. The summed E-state index contributed by atoms with van der Waals surface area (Å²) in [6.07, 6.45) is -0.906. The second kappa shape index (κ2) is 5.84. The highest BCUT2D eigenvalue weighted by molar-refractivity contribution is 7.89. The van der Waals surface area contributed by atoms with Crippen LogP contribution in [0.3, 0.4) is 0 Å². The summed E-state index contributed by atoms with van der Waals surface area (Å²) in [4.78, 5) is -0.659. The van der Waals surface area contributed by atoms with Crippen LogP contribution in [0.5, 0.6) is 0 Å². The second-order valence-corrected chi connectivity index (χ2v) is 6.58. The zero-order valence-electron chi connectivity index (χ0n) is 11.5. The van der Waals surface area contributed by atoms with Crippen molar-refractivity contribution in [3.05, 3.63) is 23.8 Å². The molecule has 1 heterocycles. The van der Waals surface area contributed by atoms with Crippen LogP contribution in [0.15, 0.2) is 17.0 Å². The van der Waals surface area contributed by atoms with Gasteiger partial charge in [0, 0.05) is 33.4 Å². The van der Waals surface area contributed by atoms with Crippen molar-refractivity contribution in [2.75, 3.05) is 33.0 Å². The van der Waals surface area contributed by atoms with Gasteiger partial charge in [-0.2, -0.15) is 4.31 Å². The topological polar surface area (TPSA) is 81.9 Å². The van der Waals surface area contributed by atoms with Gasteiger partial charge < -0.3 is 15.2 Å². The Kier molecular flexibility index (Phi) is 4.47. The molecule has 21 heavy (non-hydrogen) atoms. The van der Waals surface area contributed by atoms with Crippen LogP contribution in [0, 0.1) is 11.6 Å². The highest BCUT2D eigenvalue weighted by Crippen LogP contribution is 2.28. The number of sulfonamides is 1. The lowest BCUT2D eigenvalue weighted by Crippen LogP contribution is -2.31. The van der Waals surface area contributed by atoms with Crippen molar-refractivity contribution < 1.29 is 26.7 Å². The van der Waals surface area contributed by atoms with E-state index < -0.39 is 44.4 Å². The summed E-state index contributed by atoms with van der Waals surface area (Å²) >= 11 is 0. The molecule has 2 atom stereocenters. The summed E-state index contributed by atoms with van der Waals surface area (Å²) in [5.41, 5.74) is 4.89. The zero-order valence-corrected chi connectivity index (χ0v) is 12.4. The van der Waals surface area contributed by atoms with Crippen LogP contribution in [0.2, 0.25) is 0 Å². The molecule has 9 heteroatoms. The summed E-state index contributed by atoms with van der Waals surface area (Å²) in [6.45, 7) is 0.0438. The number of hydrogen-bond donors (Lipinski definition) is 1. The maximum Gasteiger partial charge on any atom is 0.246 e. The minimum absolute atomic E-state index is 0.0219. The molecule has 1 aliphatic rings. The predicted molar refractivity (Wildman–Crippen MR) is 71.1 cm³/mol. The van der Waals surface area contributed by atoms with Gasteiger partial charge in [-0.3, -0.25) is 0 Å². The van der Waals surface area contributed by atoms with Gasteiger partial charge in [-0.1, -0.05) is 0 Å². The average molecular weight is 322 g/mol. The van der Waals surface area contributed by atoms with E-state index in [1.165, 1.54) is 14.2 Å². The molecule has 0 aliphatic carbocycles. The van der Waals surface area contributed by atoms with Crippen molar-refractivity contribution in [2.45, 2.75) is 17.1 Å². The average Bonchev–Trinajstić information content (AvgIpc) is 2.86. The summed E-state index contributed by atoms with van der Waals surface area (Å²) in [6, 6.07) is 1.24. The van der Waals surface area contributed by atoms with Gasteiger partial charge in [-0.05, 0) is 6.07 Å². The number of halogens is 2. The van der Waals surface area contributed by atoms with Crippen molar-refractivity contribution >= 4 is 15.7 Å². The SMILES string of the molecule is COC1CN(S(=O)(=O)c2cc(N)c(F)cc2F)CC1OC. The Labute approximate surface area is 121 Å². The number of nitrogen functional groups attached to an aromatic ring is 1. The molecule has 2 unspecified atom stereocenters. The van der Waals surface area contributed by atoms with Crippen LogP contribution < -0.4 is 5.73 Å². The molecule has 1 saturated heterocycles. The van der Waals surface area contributed by atoms with Crippen LogP contribution in [0.1, 0.15) is 0 Å². The van der Waals surface area contributed by atoms with E-state index in [0.717, 1.165) is 10.4 Å². The standard InChI is InChI=1S/C12H16F2N2O4S/c1-19-10-5-16(6-11(10)20-2)21(17,18)12-4-9(15)7(13)3-8(12)14/h3-4,10-11H,5-6,15H2,1-2H3. The summed E-state index contributed by atoms with van der Waals surface area (Å²) in [5.74, 6) is -2.19. The Bertz CT molecular complexity index is 626. The molecular weight excluding hydrogens is 306 g/mol. The molecule has 2 rings (SSSR count). The Morgan fingerprint density at radius 2 is 1.67 bits per heavy atom. The van der Waals surface area contributed by atoms with E-state index in [1.54, 1.807) is 0 Å². The summed E-state index contributed by atoms with van der Waals surface area (Å²) in [5, 5.41) is 0. The van der Waals surface area contributed by atoms with Crippen molar-refractivity contribution in [1.82, 2.24) is 4.31 Å². The van der Waals surface area contributed by atoms with Crippen molar-refractivity contribution in [2.24, 2.45) is 0 Å². The van der Waals surface area contributed by atoms with Crippen LogP contribution >= 0.6 is 0 Å². The first-order valence-electron chi connectivity index (χ1n) is 6.11. The molecule has 1 fully saturated rings. The maximum absolute atomic E-state index is 13.8. The van der Waals surface area contributed by atoms with E-state index in [4.69, 9.17) is 15.2 Å². The van der Waals surface area contributed by atoms with E-state index in [9.17, 15) is 17.2 Å². The molecule has 0 aromatic heterocycles. The van der Waals surface area contributed by atoms with Gasteiger partial charge in [0.15, 0.2) is 0 Å². The third-order valence-electron chi connectivity index (χ3n) is 3.46. The minimum Gasteiger partial charge on any atom is -0.396 e. The predicted octanol–water partition coefficient (Wildman–Crippen LogP) is 0.581. The molecule has 0 bridgehead atoms. The monoisotopic (exact) mass is 322 g/mol. The van der Waals surface area contributed by atoms with Gasteiger partial charge in [-0.15, -0.1) is 0 Å². The molecule has 2 N–H and O–H groups in total. The molecule has 1 aromatic rings. The van der Waals surface area contributed by atoms with Gasteiger partial charge in [0.1, 0.15) is 16.5 Å².